The van der Waals surface area contributed by atoms with Crippen LogP contribution in [-0.2, 0) is 13.1 Å². The lowest BCUT2D eigenvalue weighted by Gasteiger charge is -2.16. The second kappa shape index (κ2) is 7.89. The molecule has 2 N–H and O–H groups in total. The highest BCUT2D eigenvalue weighted by Gasteiger charge is 2.13. The molecule has 0 saturated heterocycles. The number of H-pyrrole nitrogens is 1. The van der Waals surface area contributed by atoms with Crippen molar-refractivity contribution in [3.05, 3.63) is 52.3 Å². The van der Waals surface area contributed by atoms with E-state index in [1.807, 2.05) is 50.2 Å². The van der Waals surface area contributed by atoms with Crippen LogP contribution >= 0.6 is 15.9 Å². The summed E-state index contributed by atoms with van der Waals surface area (Å²) in [6, 6.07) is 12.1. The van der Waals surface area contributed by atoms with Crippen LogP contribution in [-0.4, -0.2) is 23.2 Å². The summed E-state index contributed by atoms with van der Waals surface area (Å²) in [6.07, 6.45) is 0.0854. The summed E-state index contributed by atoms with van der Waals surface area (Å²) >= 11 is 3.58. The highest BCUT2D eigenvalue weighted by Crippen LogP contribution is 2.37. The van der Waals surface area contributed by atoms with Crippen molar-refractivity contribution in [3.8, 4) is 11.5 Å². The molecule has 1 aromatic heterocycles. The molecule has 0 aliphatic rings. The SMILES string of the molecule is COc1cc(CNCc2nc3ccccc3[nH]2)cc(Br)c1OC(C)C. The predicted molar refractivity (Wildman–Crippen MR) is 103 cm³/mol. The molecule has 5 nitrogen and oxygen atoms in total. The van der Waals surface area contributed by atoms with Gasteiger partial charge in [0.2, 0.25) is 0 Å². The number of imidazole rings is 1. The molecule has 132 valence electrons. The Morgan fingerprint density at radius 2 is 2.00 bits per heavy atom. The van der Waals surface area contributed by atoms with E-state index in [0.717, 1.165) is 38.4 Å². The number of fused-ring (bicyclic) bond motifs is 1. The number of ether oxygens (including phenoxy) is 2. The molecular weight excluding hydrogens is 382 g/mol. The minimum absolute atomic E-state index is 0.0854. The molecule has 0 aliphatic carbocycles. The minimum Gasteiger partial charge on any atom is -0.493 e. The van der Waals surface area contributed by atoms with E-state index in [0.29, 0.717) is 13.1 Å². The van der Waals surface area contributed by atoms with Gasteiger partial charge >= 0.3 is 0 Å². The molecule has 0 atom stereocenters. The first-order valence-electron chi connectivity index (χ1n) is 8.24. The Morgan fingerprint density at radius 3 is 2.72 bits per heavy atom. The molecule has 0 spiro atoms. The third kappa shape index (κ3) is 4.32. The van der Waals surface area contributed by atoms with Crippen molar-refractivity contribution in [2.45, 2.75) is 33.0 Å². The van der Waals surface area contributed by atoms with Gasteiger partial charge < -0.3 is 19.8 Å². The molecule has 3 aromatic rings. The number of aromatic nitrogens is 2. The lowest BCUT2D eigenvalue weighted by atomic mass is 10.2. The number of nitrogens with one attached hydrogen (secondary N) is 2. The molecule has 0 amide bonds. The maximum absolute atomic E-state index is 5.82. The zero-order valence-electron chi connectivity index (χ0n) is 14.6. The molecule has 0 fully saturated rings. The number of para-hydroxylation sites is 2. The zero-order valence-corrected chi connectivity index (χ0v) is 16.2. The summed E-state index contributed by atoms with van der Waals surface area (Å²) in [5.74, 6) is 2.38. The van der Waals surface area contributed by atoms with Crippen molar-refractivity contribution in [2.75, 3.05) is 7.11 Å². The smallest absolute Gasteiger partial charge is 0.175 e. The Bertz CT molecular complexity index is 828. The van der Waals surface area contributed by atoms with Crippen LogP contribution in [0.15, 0.2) is 40.9 Å². The molecule has 0 saturated carbocycles. The van der Waals surface area contributed by atoms with Gasteiger partial charge in [0.25, 0.3) is 0 Å². The van der Waals surface area contributed by atoms with Crippen molar-refractivity contribution in [1.82, 2.24) is 15.3 Å². The molecule has 6 heteroatoms. The molecule has 25 heavy (non-hydrogen) atoms. The number of halogens is 1. The Hall–Kier alpha value is -2.05. The first kappa shape index (κ1) is 17.8. The topological polar surface area (TPSA) is 59.2 Å². The summed E-state index contributed by atoms with van der Waals surface area (Å²) in [5, 5.41) is 3.41. The number of aromatic amines is 1. The monoisotopic (exact) mass is 403 g/mol. The summed E-state index contributed by atoms with van der Waals surface area (Å²) < 4.78 is 12.2. The molecule has 3 rings (SSSR count). The largest absolute Gasteiger partial charge is 0.493 e. The summed E-state index contributed by atoms with van der Waals surface area (Å²) in [7, 11) is 1.65. The predicted octanol–water partition coefficient (Wildman–Crippen LogP) is 4.41. The van der Waals surface area contributed by atoms with E-state index in [4.69, 9.17) is 9.47 Å². The quantitative estimate of drug-likeness (QED) is 0.613. The second-order valence-electron chi connectivity index (χ2n) is 6.08. The molecule has 0 bridgehead atoms. The molecule has 0 unspecified atom stereocenters. The molecule has 0 aliphatic heterocycles. The summed E-state index contributed by atoms with van der Waals surface area (Å²) in [4.78, 5) is 7.89. The summed E-state index contributed by atoms with van der Waals surface area (Å²) in [6.45, 7) is 5.36. The van der Waals surface area contributed by atoms with Gasteiger partial charge in [0, 0.05) is 6.54 Å². The standard InChI is InChI=1S/C19H22BrN3O2/c1-12(2)25-19-14(20)8-13(9-17(19)24-3)10-21-11-18-22-15-6-4-5-7-16(15)23-18/h4-9,12,21H,10-11H2,1-3H3,(H,22,23). The van der Waals surface area contributed by atoms with Gasteiger partial charge in [-0.15, -0.1) is 0 Å². The fraction of sp³-hybridized carbons (Fsp3) is 0.316. The van der Waals surface area contributed by atoms with E-state index >= 15 is 0 Å². The van der Waals surface area contributed by atoms with Crippen LogP contribution in [0.5, 0.6) is 11.5 Å². The van der Waals surface area contributed by atoms with Gasteiger partial charge in [-0.2, -0.15) is 0 Å². The number of hydrogen-bond acceptors (Lipinski definition) is 4. The van der Waals surface area contributed by atoms with Gasteiger partial charge in [-0.1, -0.05) is 12.1 Å². The van der Waals surface area contributed by atoms with E-state index in [9.17, 15) is 0 Å². The number of rotatable bonds is 7. The van der Waals surface area contributed by atoms with E-state index < -0.39 is 0 Å². The third-order valence-corrected chi connectivity index (χ3v) is 4.29. The van der Waals surface area contributed by atoms with Gasteiger partial charge in [-0.3, -0.25) is 0 Å². The highest BCUT2D eigenvalue weighted by molar-refractivity contribution is 9.10. The number of nitrogens with zero attached hydrogens (tertiary/aromatic N) is 1. The fourth-order valence-corrected chi connectivity index (χ4v) is 3.22. The van der Waals surface area contributed by atoms with Crippen molar-refractivity contribution in [2.24, 2.45) is 0 Å². The molecule has 2 aromatic carbocycles. The second-order valence-corrected chi connectivity index (χ2v) is 6.93. The van der Waals surface area contributed by atoms with Gasteiger partial charge in [-0.25, -0.2) is 4.98 Å². The summed E-state index contributed by atoms with van der Waals surface area (Å²) in [5.41, 5.74) is 3.15. The van der Waals surface area contributed by atoms with Crippen molar-refractivity contribution >= 4 is 27.0 Å². The van der Waals surface area contributed by atoms with Crippen molar-refractivity contribution in [1.29, 1.82) is 0 Å². The number of hydrogen-bond donors (Lipinski definition) is 2. The Morgan fingerprint density at radius 1 is 1.20 bits per heavy atom. The lowest BCUT2D eigenvalue weighted by molar-refractivity contribution is 0.228. The van der Waals surface area contributed by atoms with E-state index in [1.54, 1.807) is 7.11 Å². The maximum atomic E-state index is 5.82. The van der Waals surface area contributed by atoms with E-state index in [-0.39, 0.29) is 6.10 Å². The van der Waals surface area contributed by atoms with Crippen LogP contribution in [0, 0.1) is 0 Å². The lowest BCUT2D eigenvalue weighted by Crippen LogP contribution is -2.14. The average Bonchev–Trinajstić information content (AvgIpc) is 2.99. The van der Waals surface area contributed by atoms with E-state index in [1.165, 1.54) is 0 Å². The van der Waals surface area contributed by atoms with Crippen LogP contribution in [0.4, 0.5) is 0 Å². The van der Waals surface area contributed by atoms with E-state index in [2.05, 4.69) is 31.2 Å². The van der Waals surface area contributed by atoms with Crippen molar-refractivity contribution in [3.63, 3.8) is 0 Å². The Kier molecular flexibility index (Phi) is 5.60. The van der Waals surface area contributed by atoms with Gasteiger partial charge in [-0.05, 0) is 59.6 Å². The van der Waals surface area contributed by atoms with Crippen molar-refractivity contribution < 1.29 is 9.47 Å². The Balaban J connectivity index is 1.67. The van der Waals surface area contributed by atoms with Gasteiger partial charge in [0.05, 0.1) is 35.3 Å². The maximum Gasteiger partial charge on any atom is 0.175 e. The van der Waals surface area contributed by atoms with Crippen LogP contribution < -0.4 is 14.8 Å². The molecular formula is C19H22BrN3O2. The van der Waals surface area contributed by atoms with Crippen LogP contribution in [0.1, 0.15) is 25.2 Å². The Labute approximate surface area is 155 Å². The van der Waals surface area contributed by atoms with Crippen LogP contribution in [0.2, 0.25) is 0 Å². The first-order valence-corrected chi connectivity index (χ1v) is 9.03. The number of benzene rings is 2. The van der Waals surface area contributed by atoms with Gasteiger partial charge in [0.15, 0.2) is 11.5 Å². The zero-order chi connectivity index (χ0) is 17.8. The average molecular weight is 404 g/mol. The first-order chi connectivity index (χ1) is 12.1. The van der Waals surface area contributed by atoms with Crippen LogP contribution in [0.25, 0.3) is 11.0 Å². The highest BCUT2D eigenvalue weighted by atomic mass is 79.9. The molecule has 1 heterocycles. The normalized spacial score (nSPS) is 11.2. The molecule has 0 radical (unpaired) electrons. The third-order valence-electron chi connectivity index (χ3n) is 3.70. The minimum atomic E-state index is 0.0854. The fourth-order valence-electron chi connectivity index (χ4n) is 2.64. The number of methoxy groups -OCH3 is 1. The van der Waals surface area contributed by atoms with Gasteiger partial charge in [0.1, 0.15) is 5.82 Å². The van der Waals surface area contributed by atoms with Crippen LogP contribution in [0.3, 0.4) is 0 Å².